The first-order valence-electron chi connectivity index (χ1n) is 8.66. The minimum Gasteiger partial charge on any atom is -0.389 e. The third-order valence-electron chi connectivity index (χ3n) is 5.11. The fraction of sp³-hybridized carbons (Fsp3) is 0.632. The van der Waals surface area contributed by atoms with Crippen LogP contribution in [-0.4, -0.2) is 29.5 Å². The summed E-state index contributed by atoms with van der Waals surface area (Å²) in [4.78, 5) is 0. The van der Waals surface area contributed by atoms with E-state index in [0.29, 0.717) is 23.6 Å². The molecule has 0 saturated heterocycles. The molecule has 2 rings (SSSR count). The van der Waals surface area contributed by atoms with E-state index in [1.807, 2.05) is 31.3 Å². The highest BCUT2D eigenvalue weighted by atomic mass is 35.5. The fourth-order valence-corrected chi connectivity index (χ4v) is 3.85. The summed E-state index contributed by atoms with van der Waals surface area (Å²) >= 11 is 6.17. The molecule has 1 fully saturated rings. The van der Waals surface area contributed by atoms with Gasteiger partial charge in [-0.15, -0.1) is 24.8 Å². The van der Waals surface area contributed by atoms with E-state index in [9.17, 15) is 5.11 Å². The van der Waals surface area contributed by atoms with Gasteiger partial charge in [-0.1, -0.05) is 43.0 Å². The average molecular weight is 410 g/mol. The second-order valence-electron chi connectivity index (χ2n) is 6.97. The third-order valence-corrected chi connectivity index (χ3v) is 5.35. The number of nitrogens with one attached hydrogen (secondary N) is 2. The molecule has 1 aromatic carbocycles. The van der Waals surface area contributed by atoms with Crippen LogP contribution in [0, 0.1) is 5.41 Å². The molecule has 144 valence electrons. The van der Waals surface area contributed by atoms with E-state index in [2.05, 4.69) is 12.2 Å². The van der Waals surface area contributed by atoms with Gasteiger partial charge in [0.2, 0.25) is 0 Å². The van der Waals surface area contributed by atoms with Gasteiger partial charge in [-0.3, -0.25) is 0 Å². The summed E-state index contributed by atoms with van der Waals surface area (Å²) < 4.78 is 0. The lowest BCUT2D eigenvalue weighted by molar-refractivity contribution is -0.0202. The number of aliphatic hydroxyl groups is 1. The van der Waals surface area contributed by atoms with Crippen LogP contribution in [0.3, 0.4) is 0 Å². The molecule has 0 spiro atoms. The Morgan fingerprint density at radius 2 is 1.88 bits per heavy atom. The average Bonchev–Trinajstić information content (AvgIpc) is 2.53. The zero-order chi connectivity index (χ0) is 16.9. The second-order valence-corrected chi connectivity index (χ2v) is 7.41. The molecule has 0 aliphatic heterocycles. The maximum absolute atomic E-state index is 11.3. The molecule has 1 aliphatic rings. The minimum absolute atomic E-state index is 0. The molecule has 1 aliphatic carbocycles. The number of hydrogen-bond donors (Lipinski definition) is 3. The van der Waals surface area contributed by atoms with Crippen molar-refractivity contribution >= 4 is 42.1 Å². The van der Waals surface area contributed by atoms with Crippen molar-refractivity contribution in [2.24, 2.45) is 0 Å². The number of rotatable bonds is 7. The molecule has 0 radical (unpaired) electrons. The van der Waals surface area contributed by atoms with Gasteiger partial charge in [0.1, 0.15) is 0 Å². The lowest BCUT2D eigenvalue weighted by Crippen LogP contribution is -2.40. The van der Waals surface area contributed by atoms with E-state index in [0.717, 1.165) is 31.2 Å². The molecule has 2 atom stereocenters. The highest BCUT2D eigenvalue weighted by molar-refractivity contribution is 6.30. The molecule has 3 N–H and O–H groups in total. The summed E-state index contributed by atoms with van der Waals surface area (Å²) in [6.45, 7) is 2.08. The smallest absolute Gasteiger partial charge is 0.0719 e. The minimum atomic E-state index is -0.710. The zero-order valence-electron chi connectivity index (χ0n) is 15.1. The number of hydrogen-bond acceptors (Lipinski definition) is 3. The summed E-state index contributed by atoms with van der Waals surface area (Å²) in [5.41, 5.74) is 1.04. The first-order valence-corrected chi connectivity index (χ1v) is 9.04. The van der Waals surface area contributed by atoms with Crippen LogP contribution in [0.5, 0.6) is 0 Å². The van der Waals surface area contributed by atoms with E-state index in [-0.39, 0.29) is 36.8 Å². The molecule has 6 heteroatoms. The van der Waals surface area contributed by atoms with Gasteiger partial charge in [-0.25, -0.2) is 0 Å². The lowest BCUT2D eigenvalue weighted by atomic mass is 9.70. The summed E-state index contributed by atoms with van der Waals surface area (Å²) in [6, 6.07) is 8.08. The van der Waals surface area contributed by atoms with Crippen molar-refractivity contribution in [1.29, 1.82) is 5.41 Å². The van der Waals surface area contributed by atoms with Crippen LogP contribution < -0.4 is 5.32 Å². The van der Waals surface area contributed by atoms with Crippen LogP contribution in [0.15, 0.2) is 24.3 Å². The van der Waals surface area contributed by atoms with Crippen molar-refractivity contribution < 1.29 is 5.11 Å². The fourth-order valence-electron chi connectivity index (χ4n) is 3.66. The quantitative estimate of drug-likeness (QED) is 0.530. The molecule has 0 heterocycles. The summed E-state index contributed by atoms with van der Waals surface area (Å²) in [6.07, 6.45) is 6.27. The second kappa shape index (κ2) is 11.4. The molecule has 1 unspecified atom stereocenters. The van der Waals surface area contributed by atoms with Gasteiger partial charge >= 0.3 is 0 Å². The predicted molar refractivity (Wildman–Crippen MR) is 112 cm³/mol. The molecule has 25 heavy (non-hydrogen) atoms. The van der Waals surface area contributed by atoms with Crippen LogP contribution in [0.2, 0.25) is 5.02 Å². The van der Waals surface area contributed by atoms with Crippen molar-refractivity contribution in [3.8, 4) is 0 Å². The van der Waals surface area contributed by atoms with Gasteiger partial charge in [-0.2, -0.15) is 0 Å². The van der Waals surface area contributed by atoms with Crippen LogP contribution in [0.4, 0.5) is 0 Å². The normalized spacial score (nSPS) is 18.4. The van der Waals surface area contributed by atoms with Gasteiger partial charge < -0.3 is 15.8 Å². The maximum atomic E-state index is 11.3. The topological polar surface area (TPSA) is 56.1 Å². The van der Waals surface area contributed by atoms with E-state index in [4.69, 9.17) is 17.0 Å². The molecule has 0 amide bonds. The van der Waals surface area contributed by atoms with Crippen LogP contribution in [-0.2, 0) is 0 Å². The van der Waals surface area contributed by atoms with Crippen molar-refractivity contribution in [3.05, 3.63) is 34.9 Å². The Labute approximate surface area is 169 Å². The molecular weight excluding hydrogens is 379 g/mol. The zero-order valence-corrected chi connectivity index (χ0v) is 17.4. The van der Waals surface area contributed by atoms with Gasteiger partial charge in [0, 0.05) is 29.1 Å². The molecule has 0 bridgehead atoms. The van der Waals surface area contributed by atoms with Crippen LogP contribution in [0.1, 0.15) is 63.4 Å². The molecular formula is C19H31Cl3N2O. The lowest BCUT2D eigenvalue weighted by Gasteiger charge is -2.40. The van der Waals surface area contributed by atoms with Gasteiger partial charge in [-0.05, 0) is 50.9 Å². The largest absolute Gasteiger partial charge is 0.389 e. The van der Waals surface area contributed by atoms with E-state index < -0.39 is 5.60 Å². The standard InChI is InChI=1S/C19H29ClN2O.2ClH/c1-14(22-2)11-17(21)13-18(15-7-6-8-16(20)12-15)19(23)9-4-3-5-10-19;;/h6-8,12,14,18,21-23H,3-5,9-11,13H2,1-2H3;2*1H/t14-,18?;;/m1../s1. The third kappa shape index (κ3) is 7.07. The van der Waals surface area contributed by atoms with Crippen molar-refractivity contribution in [2.45, 2.75) is 69.4 Å². The van der Waals surface area contributed by atoms with E-state index >= 15 is 0 Å². The van der Waals surface area contributed by atoms with Crippen molar-refractivity contribution in [3.63, 3.8) is 0 Å². The Bertz CT molecular complexity index is 533. The number of benzene rings is 1. The highest BCUT2D eigenvalue weighted by Gasteiger charge is 2.39. The molecule has 1 aromatic rings. The van der Waals surface area contributed by atoms with E-state index in [1.54, 1.807) is 0 Å². The summed E-state index contributed by atoms with van der Waals surface area (Å²) in [7, 11) is 1.92. The maximum Gasteiger partial charge on any atom is 0.0719 e. The Kier molecular flexibility index (Phi) is 11.3. The first-order chi connectivity index (χ1) is 10.9. The van der Waals surface area contributed by atoms with Gasteiger partial charge in [0.15, 0.2) is 0 Å². The Balaban J connectivity index is 0.00000288. The predicted octanol–water partition coefficient (Wildman–Crippen LogP) is 5.37. The first kappa shape index (κ1) is 24.7. The van der Waals surface area contributed by atoms with Crippen LogP contribution >= 0.6 is 36.4 Å². The number of halogens is 3. The Hall–Kier alpha value is -0.320. The van der Waals surface area contributed by atoms with E-state index in [1.165, 1.54) is 6.42 Å². The Morgan fingerprint density at radius 3 is 2.44 bits per heavy atom. The molecule has 0 aromatic heterocycles. The highest BCUT2D eigenvalue weighted by Crippen LogP contribution is 2.42. The Morgan fingerprint density at radius 1 is 1.24 bits per heavy atom. The van der Waals surface area contributed by atoms with Crippen molar-refractivity contribution in [1.82, 2.24) is 5.32 Å². The summed E-state index contributed by atoms with van der Waals surface area (Å²) in [5.74, 6) is -0.0435. The molecule has 1 saturated carbocycles. The monoisotopic (exact) mass is 408 g/mol. The van der Waals surface area contributed by atoms with Crippen molar-refractivity contribution in [2.75, 3.05) is 7.05 Å². The SMILES string of the molecule is CN[C@H](C)CC(=N)CC(c1cccc(Cl)c1)C1(O)CCCCC1.Cl.Cl. The molecule has 3 nitrogen and oxygen atoms in total. The van der Waals surface area contributed by atoms with Gasteiger partial charge in [0.25, 0.3) is 0 Å². The van der Waals surface area contributed by atoms with Gasteiger partial charge in [0.05, 0.1) is 5.60 Å². The summed E-state index contributed by atoms with van der Waals surface area (Å²) in [5, 5.41) is 23.5. The van der Waals surface area contributed by atoms with Crippen LogP contribution in [0.25, 0.3) is 0 Å².